The van der Waals surface area contributed by atoms with E-state index in [0.717, 1.165) is 16.6 Å². The summed E-state index contributed by atoms with van der Waals surface area (Å²) in [5.41, 5.74) is 2.47. The number of carboxylic acids is 1. The van der Waals surface area contributed by atoms with Gasteiger partial charge in [0.1, 0.15) is 5.82 Å². The zero-order valence-corrected chi connectivity index (χ0v) is 14.2. The Hall–Kier alpha value is -0.984. The molecule has 3 rings (SSSR count). The van der Waals surface area contributed by atoms with Crippen LogP contribution in [0.25, 0.3) is 22.4 Å². The maximum Gasteiger partial charge on any atom is 1.00 e. The van der Waals surface area contributed by atoms with E-state index in [-0.39, 0.29) is 57.9 Å². The maximum absolute atomic E-state index is 10.9. The summed E-state index contributed by atoms with van der Waals surface area (Å²) in [4.78, 5) is 15.4. The minimum Gasteiger partial charge on any atom is -0.548 e. The molecule has 4 nitrogen and oxygen atoms in total. The number of fused-ring (bicyclic) bond motifs is 1. The van der Waals surface area contributed by atoms with Gasteiger partial charge in [0.25, 0.3) is 0 Å². The minimum atomic E-state index is -1.12. The molecule has 1 heterocycles. The van der Waals surface area contributed by atoms with Crippen molar-refractivity contribution in [2.24, 2.45) is 0 Å². The van der Waals surface area contributed by atoms with Crippen LogP contribution in [0.1, 0.15) is 0 Å². The number of para-hydroxylation sites is 2. The van der Waals surface area contributed by atoms with Gasteiger partial charge in [0.05, 0.1) is 23.5 Å². The Balaban J connectivity index is 0.00000147. The van der Waals surface area contributed by atoms with E-state index in [9.17, 15) is 9.90 Å². The first-order valence-electron chi connectivity index (χ1n) is 5.96. The molecule has 0 atom stereocenters. The second-order valence-electron chi connectivity index (χ2n) is 4.25. The number of carbonyl (C=O) groups is 1. The van der Waals surface area contributed by atoms with Crippen LogP contribution in [0, 0.1) is 0 Å². The Labute approximate surface area is 158 Å². The molecule has 5 heteroatoms. The first-order valence-corrected chi connectivity index (χ1v) is 5.96. The van der Waals surface area contributed by atoms with Crippen LogP contribution in [-0.2, 0) is 11.3 Å². The fourth-order valence-corrected chi connectivity index (χ4v) is 2.17. The van der Waals surface area contributed by atoms with Gasteiger partial charge in [-0.1, -0.05) is 42.5 Å². The number of benzene rings is 2. The van der Waals surface area contributed by atoms with E-state index in [4.69, 9.17) is 0 Å². The average molecular weight is 290 g/mol. The Morgan fingerprint density at radius 1 is 1.05 bits per heavy atom. The molecule has 0 aliphatic carbocycles. The Kier molecular flexibility index (Phi) is 5.12. The third kappa shape index (κ3) is 3.02. The van der Waals surface area contributed by atoms with Gasteiger partial charge < -0.3 is 14.5 Å². The van der Waals surface area contributed by atoms with E-state index >= 15 is 0 Å². The number of nitrogens with zero attached hydrogens (tertiary/aromatic N) is 2. The van der Waals surface area contributed by atoms with E-state index < -0.39 is 5.97 Å². The Morgan fingerprint density at radius 2 is 1.70 bits per heavy atom. The van der Waals surface area contributed by atoms with Crippen molar-refractivity contribution >= 4 is 17.0 Å². The summed E-state index contributed by atoms with van der Waals surface area (Å²) in [6.07, 6.45) is 0. The van der Waals surface area contributed by atoms with Gasteiger partial charge in [-0.3, -0.25) is 0 Å². The molecule has 0 saturated carbocycles. The van der Waals surface area contributed by atoms with Crippen LogP contribution in [0.5, 0.6) is 0 Å². The first kappa shape index (κ1) is 15.4. The summed E-state index contributed by atoms with van der Waals surface area (Å²) in [6, 6.07) is 17.0. The van der Waals surface area contributed by atoms with Crippen LogP contribution >= 0.6 is 0 Å². The molecule has 20 heavy (non-hydrogen) atoms. The van der Waals surface area contributed by atoms with Crippen LogP contribution in [0.15, 0.2) is 54.6 Å². The fraction of sp³-hybridized carbons (Fsp3) is 0.0667. The number of carbonyl (C=O) groups excluding carboxylic acids is 1. The van der Waals surface area contributed by atoms with Crippen molar-refractivity contribution in [2.45, 2.75) is 6.54 Å². The van der Waals surface area contributed by atoms with Gasteiger partial charge in [-0.25, -0.2) is 4.98 Å². The second-order valence-corrected chi connectivity index (χ2v) is 4.25. The zero-order chi connectivity index (χ0) is 13.2. The molecule has 1 aromatic heterocycles. The van der Waals surface area contributed by atoms with Gasteiger partial charge in [-0.2, -0.15) is 0 Å². The van der Waals surface area contributed by atoms with E-state index in [1.807, 2.05) is 54.6 Å². The van der Waals surface area contributed by atoms with Crippen LogP contribution in [0.3, 0.4) is 0 Å². The van der Waals surface area contributed by atoms with Gasteiger partial charge in [-0.15, -0.1) is 0 Å². The molecule has 0 spiro atoms. The summed E-state index contributed by atoms with van der Waals surface area (Å²) >= 11 is 0. The summed E-state index contributed by atoms with van der Waals surface area (Å²) in [5, 5.41) is 10.9. The summed E-state index contributed by atoms with van der Waals surface area (Å²) in [6.45, 7) is -0.204. The maximum atomic E-state index is 10.9. The largest absolute Gasteiger partial charge is 1.00 e. The van der Waals surface area contributed by atoms with E-state index in [1.165, 1.54) is 0 Å². The number of aromatic nitrogens is 2. The smallest absolute Gasteiger partial charge is 0.548 e. The van der Waals surface area contributed by atoms with Crippen molar-refractivity contribution in [3.8, 4) is 11.4 Å². The van der Waals surface area contributed by atoms with Gasteiger partial charge >= 0.3 is 51.4 Å². The number of rotatable bonds is 3. The fourth-order valence-electron chi connectivity index (χ4n) is 2.17. The van der Waals surface area contributed by atoms with Crippen LogP contribution in [0.4, 0.5) is 0 Å². The van der Waals surface area contributed by atoms with Crippen LogP contribution in [-0.4, -0.2) is 15.5 Å². The molecule has 0 aliphatic rings. The minimum absolute atomic E-state index is 0. The molecule has 2 aromatic carbocycles. The number of aliphatic carboxylic acids is 1. The van der Waals surface area contributed by atoms with Crippen molar-refractivity contribution in [1.82, 2.24) is 9.55 Å². The van der Waals surface area contributed by atoms with E-state index in [1.54, 1.807) is 4.57 Å². The van der Waals surface area contributed by atoms with Crippen molar-refractivity contribution in [3.63, 3.8) is 0 Å². The molecular formula is C15H11KN2O2. The molecule has 0 amide bonds. The van der Waals surface area contributed by atoms with Gasteiger partial charge in [0.2, 0.25) is 0 Å². The van der Waals surface area contributed by atoms with E-state index in [0.29, 0.717) is 5.82 Å². The molecular weight excluding hydrogens is 279 g/mol. The number of hydrogen-bond donors (Lipinski definition) is 0. The standard InChI is InChI=1S/C15H12N2O2.K/c18-14(19)10-17-13-9-5-4-8-12(13)16-15(17)11-6-2-1-3-7-11;/h1-9H,10H2,(H,18,19);/q;+1/p-1. The van der Waals surface area contributed by atoms with E-state index in [2.05, 4.69) is 4.98 Å². The molecule has 94 valence electrons. The molecule has 0 saturated heterocycles. The number of imidazole rings is 1. The SMILES string of the molecule is O=C([O-])Cn1c(-c2ccccc2)nc2ccccc21.[K+]. The average Bonchev–Trinajstić information content (AvgIpc) is 2.78. The molecule has 0 unspecified atom stereocenters. The molecule has 3 aromatic rings. The zero-order valence-electron chi connectivity index (χ0n) is 11.1. The molecule has 0 N–H and O–H groups in total. The normalized spacial score (nSPS) is 10.2. The van der Waals surface area contributed by atoms with Gasteiger partial charge in [0.15, 0.2) is 0 Å². The van der Waals surface area contributed by atoms with Crippen LogP contribution < -0.4 is 56.5 Å². The topological polar surface area (TPSA) is 57.9 Å². The summed E-state index contributed by atoms with van der Waals surface area (Å²) < 4.78 is 1.67. The monoisotopic (exact) mass is 290 g/mol. The predicted molar refractivity (Wildman–Crippen MR) is 70.2 cm³/mol. The molecule has 0 radical (unpaired) electrons. The first-order chi connectivity index (χ1) is 9.25. The second kappa shape index (κ2) is 6.65. The Morgan fingerprint density at radius 3 is 2.40 bits per heavy atom. The summed E-state index contributed by atoms with van der Waals surface area (Å²) in [5.74, 6) is -0.480. The van der Waals surface area contributed by atoms with Gasteiger partial charge in [0, 0.05) is 5.56 Å². The Bertz CT molecular complexity index is 738. The van der Waals surface area contributed by atoms with Crippen molar-refractivity contribution in [1.29, 1.82) is 0 Å². The van der Waals surface area contributed by atoms with Crippen LogP contribution in [0.2, 0.25) is 0 Å². The molecule has 0 bridgehead atoms. The van der Waals surface area contributed by atoms with Crippen molar-refractivity contribution in [3.05, 3.63) is 54.6 Å². The quantitative estimate of drug-likeness (QED) is 0.549. The van der Waals surface area contributed by atoms with Gasteiger partial charge in [-0.05, 0) is 12.1 Å². The number of carboxylic acid groups (broad SMARTS) is 1. The van der Waals surface area contributed by atoms with Crippen molar-refractivity contribution in [2.75, 3.05) is 0 Å². The summed E-state index contributed by atoms with van der Waals surface area (Å²) in [7, 11) is 0. The molecule has 0 fully saturated rings. The number of hydrogen-bond acceptors (Lipinski definition) is 3. The third-order valence-electron chi connectivity index (χ3n) is 2.97. The third-order valence-corrected chi connectivity index (χ3v) is 2.97. The van der Waals surface area contributed by atoms with Crippen molar-refractivity contribution < 1.29 is 61.3 Å². The molecule has 0 aliphatic heterocycles. The predicted octanol–water partition coefficient (Wildman–Crippen LogP) is -1.54.